The zero-order chi connectivity index (χ0) is 9.97. The average Bonchev–Trinajstić information content (AvgIpc) is 2.61. The topological polar surface area (TPSA) is 56.2 Å². The molecular formula is C9H13N3O2. The van der Waals surface area contributed by atoms with Gasteiger partial charge in [-0.05, 0) is 13.3 Å². The second-order valence-corrected chi connectivity index (χ2v) is 3.14. The van der Waals surface area contributed by atoms with Crippen LogP contribution in [-0.4, -0.2) is 28.7 Å². The van der Waals surface area contributed by atoms with Gasteiger partial charge in [0.15, 0.2) is 5.69 Å². The number of esters is 1. The van der Waals surface area contributed by atoms with Gasteiger partial charge in [-0.3, -0.25) is 0 Å². The lowest BCUT2D eigenvalue weighted by Crippen LogP contribution is -2.16. The number of imidazole rings is 1. The van der Waals surface area contributed by atoms with Crippen molar-refractivity contribution in [3.05, 3.63) is 11.9 Å². The van der Waals surface area contributed by atoms with Crippen LogP contribution in [0, 0.1) is 0 Å². The molecular weight excluding hydrogens is 182 g/mol. The summed E-state index contributed by atoms with van der Waals surface area (Å²) in [7, 11) is 0. The molecule has 0 fully saturated rings. The van der Waals surface area contributed by atoms with Gasteiger partial charge in [-0.1, -0.05) is 0 Å². The summed E-state index contributed by atoms with van der Waals surface area (Å²) in [6, 6.07) is 0. The van der Waals surface area contributed by atoms with E-state index in [4.69, 9.17) is 4.74 Å². The van der Waals surface area contributed by atoms with E-state index in [-0.39, 0.29) is 5.97 Å². The lowest BCUT2D eigenvalue weighted by molar-refractivity contribution is 0.0520. The molecule has 2 rings (SSSR count). The highest BCUT2D eigenvalue weighted by Crippen LogP contribution is 2.14. The van der Waals surface area contributed by atoms with Gasteiger partial charge in [0.2, 0.25) is 5.95 Å². The molecule has 0 saturated heterocycles. The highest BCUT2D eigenvalue weighted by atomic mass is 16.5. The van der Waals surface area contributed by atoms with E-state index in [2.05, 4.69) is 10.3 Å². The molecule has 1 aliphatic heterocycles. The molecule has 5 nitrogen and oxygen atoms in total. The summed E-state index contributed by atoms with van der Waals surface area (Å²) >= 11 is 0. The number of aromatic nitrogens is 2. The van der Waals surface area contributed by atoms with E-state index in [1.54, 1.807) is 13.1 Å². The van der Waals surface area contributed by atoms with Crippen LogP contribution in [0.1, 0.15) is 23.8 Å². The number of anilines is 1. The van der Waals surface area contributed by atoms with Gasteiger partial charge in [0, 0.05) is 19.3 Å². The van der Waals surface area contributed by atoms with E-state index in [1.165, 1.54) is 0 Å². The Kier molecular flexibility index (Phi) is 2.39. The van der Waals surface area contributed by atoms with E-state index >= 15 is 0 Å². The van der Waals surface area contributed by atoms with Gasteiger partial charge >= 0.3 is 5.97 Å². The van der Waals surface area contributed by atoms with Crippen LogP contribution >= 0.6 is 0 Å². The van der Waals surface area contributed by atoms with Gasteiger partial charge in [0.25, 0.3) is 0 Å². The van der Waals surface area contributed by atoms with Crippen molar-refractivity contribution >= 4 is 11.9 Å². The molecule has 0 unspecified atom stereocenters. The van der Waals surface area contributed by atoms with E-state index in [9.17, 15) is 4.79 Å². The fraction of sp³-hybridized carbons (Fsp3) is 0.556. The number of nitrogens with zero attached hydrogens (tertiary/aromatic N) is 2. The summed E-state index contributed by atoms with van der Waals surface area (Å²) in [6.45, 7) is 3.99. The van der Waals surface area contributed by atoms with Crippen LogP contribution in [-0.2, 0) is 11.3 Å². The quantitative estimate of drug-likeness (QED) is 0.711. The van der Waals surface area contributed by atoms with Crippen LogP contribution in [0.5, 0.6) is 0 Å². The van der Waals surface area contributed by atoms with Crippen LogP contribution in [0.15, 0.2) is 6.20 Å². The van der Waals surface area contributed by atoms with E-state index in [1.807, 2.05) is 4.57 Å². The van der Waals surface area contributed by atoms with Crippen LogP contribution in [0.3, 0.4) is 0 Å². The monoisotopic (exact) mass is 195 g/mol. The third kappa shape index (κ3) is 1.57. The largest absolute Gasteiger partial charge is 0.461 e. The van der Waals surface area contributed by atoms with Crippen molar-refractivity contribution in [1.82, 2.24) is 9.55 Å². The zero-order valence-corrected chi connectivity index (χ0v) is 8.12. The Labute approximate surface area is 82.1 Å². The molecule has 0 amide bonds. The summed E-state index contributed by atoms with van der Waals surface area (Å²) in [4.78, 5) is 15.5. The number of hydrogen-bond acceptors (Lipinski definition) is 4. The normalized spacial score (nSPS) is 14.4. The Balaban J connectivity index is 2.19. The molecule has 2 heterocycles. The number of carbonyl (C=O) groups excluding carboxylic acids is 1. The van der Waals surface area contributed by atoms with E-state index in [0.29, 0.717) is 12.3 Å². The van der Waals surface area contributed by atoms with Crippen molar-refractivity contribution in [3.8, 4) is 0 Å². The highest BCUT2D eigenvalue weighted by Gasteiger charge is 2.16. The van der Waals surface area contributed by atoms with Gasteiger partial charge in [0.1, 0.15) is 0 Å². The first kappa shape index (κ1) is 9.05. The van der Waals surface area contributed by atoms with Gasteiger partial charge in [-0.25, -0.2) is 9.78 Å². The Hall–Kier alpha value is -1.52. The molecule has 5 heteroatoms. The van der Waals surface area contributed by atoms with Crippen LogP contribution in [0.25, 0.3) is 0 Å². The molecule has 1 aliphatic rings. The van der Waals surface area contributed by atoms with Gasteiger partial charge < -0.3 is 14.6 Å². The predicted molar refractivity (Wildman–Crippen MR) is 51.3 cm³/mol. The summed E-state index contributed by atoms with van der Waals surface area (Å²) < 4.78 is 6.80. The lowest BCUT2D eigenvalue weighted by Gasteiger charge is -2.14. The fourth-order valence-corrected chi connectivity index (χ4v) is 1.48. The van der Waals surface area contributed by atoms with Gasteiger partial charge in [-0.15, -0.1) is 0 Å². The number of fused-ring (bicyclic) bond motifs is 1. The summed E-state index contributed by atoms with van der Waals surface area (Å²) in [6.07, 6.45) is 2.80. The summed E-state index contributed by atoms with van der Waals surface area (Å²) in [5.41, 5.74) is 0.385. The maximum atomic E-state index is 11.3. The van der Waals surface area contributed by atoms with Gasteiger partial charge in [-0.2, -0.15) is 0 Å². The SMILES string of the molecule is CCOC(=O)c1cn2c(n1)NCCC2. The summed E-state index contributed by atoms with van der Waals surface area (Å²) in [5, 5.41) is 3.12. The average molecular weight is 195 g/mol. The number of aryl methyl sites for hydroxylation is 1. The molecule has 0 bridgehead atoms. The maximum absolute atomic E-state index is 11.3. The molecule has 0 saturated carbocycles. The van der Waals surface area contributed by atoms with Crippen molar-refractivity contribution in [3.63, 3.8) is 0 Å². The third-order valence-corrected chi connectivity index (χ3v) is 2.12. The maximum Gasteiger partial charge on any atom is 0.358 e. The van der Waals surface area contributed by atoms with Gasteiger partial charge in [0.05, 0.1) is 6.61 Å². The van der Waals surface area contributed by atoms with Crippen molar-refractivity contribution < 1.29 is 9.53 Å². The minimum absolute atomic E-state index is 0.351. The van der Waals surface area contributed by atoms with E-state index in [0.717, 1.165) is 25.5 Å². The summed E-state index contributed by atoms with van der Waals surface area (Å²) in [5.74, 6) is 0.413. The molecule has 14 heavy (non-hydrogen) atoms. The minimum Gasteiger partial charge on any atom is -0.461 e. The number of nitrogens with one attached hydrogen (secondary N) is 1. The number of hydrogen-bond donors (Lipinski definition) is 1. The minimum atomic E-state index is -0.351. The smallest absolute Gasteiger partial charge is 0.358 e. The van der Waals surface area contributed by atoms with Crippen molar-refractivity contribution in [1.29, 1.82) is 0 Å². The highest BCUT2D eigenvalue weighted by molar-refractivity contribution is 5.87. The Morgan fingerprint density at radius 2 is 2.64 bits per heavy atom. The Morgan fingerprint density at radius 3 is 3.36 bits per heavy atom. The second-order valence-electron chi connectivity index (χ2n) is 3.14. The molecule has 1 aromatic heterocycles. The molecule has 1 aromatic rings. The van der Waals surface area contributed by atoms with Crippen molar-refractivity contribution in [2.45, 2.75) is 19.9 Å². The number of carbonyl (C=O) groups is 1. The van der Waals surface area contributed by atoms with Crippen LogP contribution < -0.4 is 5.32 Å². The van der Waals surface area contributed by atoms with Crippen molar-refractivity contribution in [2.75, 3.05) is 18.5 Å². The lowest BCUT2D eigenvalue weighted by atomic mass is 10.4. The Morgan fingerprint density at radius 1 is 1.79 bits per heavy atom. The first-order valence-electron chi connectivity index (χ1n) is 4.79. The van der Waals surface area contributed by atoms with Crippen molar-refractivity contribution in [2.24, 2.45) is 0 Å². The number of ether oxygens (including phenoxy) is 1. The molecule has 0 atom stereocenters. The zero-order valence-electron chi connectivity index (χ0n) is 8.12. The second kappa shape index (κ2) is 3.69. The molecule has 0 aliphatic carbocycles. The first-order valence-corrected chi connectivity index (χ1v) is 4.79. The van der Waals surface area contributed by atoms with Crippen LogP contribution in [0.2, 0.25) is 0 Å². The molecule has 76 valence electrons. The van der Waals surface area contributed by atoms with Crippen LogP contribution in [0.4, 0.5) is 5.95 Å². The molecule has 0 aromatic carbocycles. The molecule has 0 spiro atoms. The number of rotatable bonds is 2. The molecule has 1 N–H and O–H groups in total. The van der Waals surface area contributed by atoms with E-state index < -0.39 is 0 Å². The predicted octanol–water partition coefficient (Wildman–Crippen LogP) is 0.875. The molecule has 0 radical (unpaired) electrons. The Bertz CT molecular complexity index is 322. The standard InChI is InChI=1S/C9H13N3O2/c1-2-14-8(13)7-6-12-5-3-4-10-9(12)11-7/h6H,2-5H2,1H3,(H,10,11). The fourth-order valence-electron chi connectivity index (χ4n) is 1.48. The third-order valence-electron chi connectivity index (χ3n) is 2.12. The first-order chi connectivity index (χ1) is 6.81.